The molecule has 0 spiro atoms. The van der Waals surface area contributed by atoms with Gasteiger partial charge in [-0.1, -0.05) is 13.3 Å². The Morgan fingerprint density at radius 2 is 1.57 bits per heavy atom. The molecule has 1 saturated heterocycles. The summed E-state index contributed by atoms with van der Waals surface area (Å²) in [7, 11) is 4.31. The summed E-state index contributed by atoms with van der Waals surface area (Å²) in [4.78, 5) is 17.0. The molecular weight excluding hydrogens is 376 g/mol. The topological polar surface area (TPSA) is 56.8 Å². The van der Waals surface area contributed by atoms with Gasteiger partial charge in [-0.15, -0.1) is 0 Å². The smallest absolute Gasteiger partial charge is 0.323 e. The first-order valence-electron chi connectivity index (χ1n) is 10.9. The third-order valence-corrected chi connectivity index (χ3v) is 5.56. The zero-order valence-electron chi connectivity index (χ0n) is 18.4. The van der Waals surface area contributed by atoms with E-state index in [1.807, 2.05) is 36.4 Å². The lowest BCUT2D eigenvalue weighted by Gasteiger charge is -2.36. The van der Waals surface area contributed by atoms with Gasteiger partial charge in [-0.05, 0) is 81.9 Å². The molecule has 6 heteroatoms. The van der Waals surface area contributed by atoms with Crippen LogP contribution in [0.4, 0.5) is 21.9 Å². The van der Waals surface area contributed by atoms with Crippen LogP contribution in [-0.4, -0.2) is 50.8 Å². The Labute approximate surface area is 180 Å². The molecule has 1 heterocycles. The van der Waals surface area contributed by atoms with Gasteiger partial charge in [0.15, 0.2) is 0 Å². The second-order valence-corrected chi connectivity index (χ2v) is 8.03. The fourth-order valence-corrected chi connectivity index (χ4v) is 3.66. The van der Waals surface area contributed by atoms with Crippen molar-refractivity contribution in [3.05, 3.63) is 48.5 Å². The van der Waals surface area contributed by atoms with E-state index in [2.05, 4.69) is 53.6 Å². The quantitative estimate of drug-likeness (QED) is 0.599. The van der Waals surface area contributed by atoms with Gasteiger partial charge in [-0.3, -0.25) is 0 Å². The first kappa shape index (κ1) is 22.0. The molecule has 0 aliphatic carbocycles. The molecule has 3 rings (SSSR count). The van der Waals surface area contributed by atoms with Gasteiger partial charge >= 0.3 is 6.03 Å². The molecular formula is C24H34N4O2. The lowest BCUT2D eigenvalue weighted by molar-refractivity contribution is 0.249. The van der Waals surface area contributed by atoms with E-state index in [0.717, 1.165) is 43.1 Å². The summed E-state index contributed by atoms with van der Waals surface area (Å²) in [6.45, 7) is 4.98. The maximum absolute atomic E-state index is 12.3. The summed E-state index contributed by atoms with van der Waals surface area (Å²) in [5.41, 5.74) is 2.71. The van der Waals surface area contributed by atoms with E-state index >= 15 is 0 Å². The van der Waals surface area contributed by atoms with Crippen molar-refractivity contribution < 1.29 is 9.53 Å². The van der Waals surface area contributed by atoms with Gasteiger partial charge in [0.05, 0.1) is 6.61 Å². The Balaban J connectivity index is 1.46. The number of rotatable bonds is 8. The van der Waals surface area contributed by atoms with Crippen LogP contribution in [0.5, 0.6) is 5.75 Å². The summed E-state index contributed by atoms with van der Waals surface area (Å²) in [5, 5.41) is 5.75. The third kappa shape index (κ3) is 6.39. The van der Waals surface area contributed by atoms with Crippen molar-refractivity contribution in [3.63, 3.8) is 0 Å². The predicted octanol–water partition coefficient (Wildman–Crippen LogP) is 5.04. The van der Waals surface area contributed by atoms with Crippen LogP contribution in [0.15, 0.2) is 48.5 Å². The number of nitrogens with zero attached hydrogens (tertiary/aromatic N) is 2. The average Bonchev–Trinajstić information content (AvgIpc) is 2.76. The van der Waals surface area contributed by atoms with Crippen molar-refractivity contribution in [3.8, 4) is 5.75 Å². The van der Waals surface area contributed by atoms with Crippen LogP contribution in [0.3, 0.4) is 0 Å². The molecule has 2 N–H and O–H groups in total. The van der Waals surface area contributed by atoms with Crippen LogP contribution in [0.1, 0.15) is 32.6 Å². The maximum Gasteiger partial charge on any atom is 0.323 e. The molecule has 0 atom stereocenters. The van der Waals surface area contributed by atoms with Crippen LogP contribution in [-0.2, 0) is 0 Å². The number of hydrogen-bond acceptors (Lipinski definition) is 4. The molecule has 0 unspecified atom stereocenters. The fourth-order valence-electron chi connectivity index (χ4n) is 3.66. The molecule has 1 aliphatic heterocycles. The highest BCUT2D eigenvalue weighted by atomic mass is 16.5. The molecule has 1 aliphatic rings. The maximum atomic E-state index is 12.3. The number of hydrogen-bond donors (Lipinski definition) is 2. The zero-order chi connectivity index (χ0) is 21.3. The van der Waals surface area contributed by atoms with E-state index in [1.165, 1.54) is 18.5 Å². The SMILES string of the molecule is CCCCOc1ccc(NC(=O)Nc2ccc(N3CCC(N(C)C)CC3)cc2)cc1. The average molecular weight is 411 g/mol. The molecule has 0 radical (unpaired) electrons. The van der Waals surface area contributed by atoms with Crippen LogP contribution in [0.25, 0.3) is 0 Å². The summed E-state index contributed by atoms with van der Waals surface area (Å²) in [5.74, 6) is 0.819. The Morgan fingerprint density at radius 1 is 1.00 bits per heavy atom. The van der Waals surface area contributed by atoms with Crippen molar-refractivity contribution in [1.29, 1.82) is 0 Å². The highest BCUT2D eigenvalue weighted by molar-refractivity contribution is 5.99. The number of piperidine rings is 1. The monoisotopic (exact) mass is 410 g/mol. The standard InChI is InChI=1S/C24H34N4O2/c1-4-5-18-30-23-12-8-20(9-13-23)26-24(29)25-19-6-10-22(11-7-19)28-16-14-21(15-17-28)27(2)3/h6-13,21H,4-5,14-18H2,1-3H3,(H2,25,26,29). The number of ether oxygens (including phenoxy) is 1. The number of carbonyl (C=O) groups excluding carboxylic acids is 1. The highest BCUT2D eigenvalue weighted by Gasteiger charge is 2.20. The normalized spacial score (nSPS) is 14.6. The van der Waals surface area contributed by atoms with E-state index < -0.39 is 0 Å². The first-order chi connectivity index (χ1) is 14.5. The van der Waals surface area contributed by atoms with E-state index in [9.17, 15) is 4.79 Å². The van der Waals surface area contributed by atoms with Crippen molar-refractivity contribution in [2.45, 2.75) is 38.6 Å². The molecule has 6 nitrogen and oxygen atoms in total. The van der Waals surface area contributed by atoms with Crippen LogP contribution in [0, 0.1) is 0 Å². The minimum absolute atomic E-state index is 0.255. The van der Waals surface area contributed by atoms with Crippen LogP contribution < -0.4 is 20.3 Å². The molecule has 2 aromatic rings. The lowest BCUT2D eigenvalue weighted by atomic mass is 10.0. The van der Waals surface area contributed by atoms with E-state index in [0.29, 0.717) is 12.6 Å². The molecule has 0 bridgehead atoms. The van der Waals surface area contributed by atoms with E-state index in [-0.39, 0.29) is 6.03 Å². The summed E-state index contributed by atoms with van der Waals surface area (Å²) < 4.78 is 5.65. The minimum atomic E-state index is -0.255. The van der Waals surface area contributed by atoms with Gasteiger partial charge in [0.1, 0.15) is 5.75 Å². The number of carbonyl (C=O) groups is 1. The summed E-state index contributed by atoms with van der Waals surface area (Å²) >= 11 is 0. The number of urea groups is 1. The Hall–Kier alpha value is -2.73. The molecule has 2 aromatic carbocycles. The van der Waals surface area contributed by atoms with Gasteiger partial charge in [0.2, 0.25) is 0 Å². The minimum Gasteiger partial charge on any atom is -0.494 e. The van der Waals surface area contributed by atoms with Crippen molar-refractivity contribution in [1.82, 2.24) is 4.90 Å². The number of amides is 2. The summed E-state index contributed by atoms with van der Waals surface area (Å²) in [6.07, 6.45) is 4.50. The Bertz CT molecular complexity index is 782. The predicted molar refractivity (Wildman–Crippen MR) is 125 cm³/mol. The molecule has 30 heavy (non-hydrogen) atoms. The highest BCUT2D eigenvalue weighted by Crippen LogP contribution is 2.23. The molecule has 162 valence electrons. The van der Waals surface area contributed by atoms with E-state index in [1.54, 1.807) is 0 Å². The number of anilines is 3. The van der Waals surface area contributed by atoms with E-state index in [4.69, 9.17) is 4.74 Å². The zero-order valence-corrected chi connectivity index (χ0v) is 18.4. The first-order valence-corrected chi connectivity index (χ1v) is 10.9. The lowest BCUT2D eigenvalue weighted by Crippen LogP contribution is -2.41. The van der Waals surface area contributed by atoms with Gasteiger partial charge in [-0.25, -0.2) is 4.79 Å². The van der Waals surface area contributed by atoms with Crippen LogP contribution in [0.2, 0.25) is 0 Å². The number of unbranched alkanes of at least 4 members (excludes halogenated alkanes) is 1. The van der Waals surface area contributed by atoms with Gasteiger partial charge < -0.3 is 25.2 Å². The molecule has 0 aromatic heterocycles. The second-order valence-electron chi connectivity index (χ2n) is 8.03. The fraction of sp³-hybridized carbons (Fsp3) is 0.458. The number of nitrogens with one attached hydrogen (secondary N) is 2. The van der Waals surface area contributed by atoms with Crippen LogP contribution >= 0.6 is 0 Å². The Kier molecular flexibility index (Phi) is 7.97. The Morgan fingerprint density at radius 3 is 2.10 bits per heavy atom. The summed E-state index contributed by atoms with van der Waals surface area (Å²) in [6, 6.07) is 15.9. The van der Waals surface area contributed by atoms with Gasteiger partial charge in [0.25, 0.3) is 0 Å². The van der Waals surface area contributed by atoms with Crippen molar-refractivity contribution in [2.75, 3.05) is 49.3 Å². The van der Waals surface area contributed by atoms with Gasteiger partial charge in [0, 0.05) is 36.2 Å². The molecule has 2 amide bonds. The van der Waals surface area contributed by atoms with Crippen molar-refractivity contribution in [2.24, 2.45) is 0 Å². The molecule has 0 saturated carbocycles. The molecule has 1 fully saturated rings. The van der Waals surface area contributed by atoms with Crippen molar-refractivity contribution >= 4 is 23.1 Å². The second kappa shape index (κ2) is 10.9. The van der Waals surface area contributed by atoms with Gasteiger partial charge in [-0.2, -0.15) is 0 Å². The number of benzene rings is 2. The largest absolute Gasteiger partial charge is 0.494 e. The third-order valence-electron chi connectivity index (χ3n) is 5.56.